The number of H-pyrrole nitrogens is 2. The zero-order chi connectivity index (χ0) is 82.1. The fraction of sp³-hybridized carbons (Fsp3) is 0.208. The first-order valence-corrected chi connectivity index (χ1v) is 38.9. The molecule has 608 valence electrons. The molecule has 119 heavy (non-hydrogen) atoms. The largest absolute Gasteiger partial charge is 2.00 e. The normalized spacial score (nSPS) is 11.2. The van der Waals surface area contributed by atoms with E-state index in [1.165, 1.54) is 27.8 Å². The maximum Gasteiger partial charge on any atom is 2.00 e. The molecule has 14 aromatic rings. The number of nitrogens with zero attached hydrogens (tertiary/aromatic N) is 7. The Kier molecular flexibility index (Phi) is 42.4. The van der Waals surface area contributed by atoms with Crippen LogP contribution in [0.3, 0.4) is 0 Å². The molecule has 3 aromatic heterocycles. The molecule has 4 atom stereocenters. The van der Waals surface area contributed by atoms with Gasteiger partial charge in [0.05, 0.1) is 33.0 Å². The molecule has 0 saturated carbocycles. The van der Waals surface area contributed by atoms with Gasteiger partial charge in [-0.2, -0.15) is 36.4 Å². The summed E-state index contributed by atoms with van der Waals surface area (Å²) in [5.74, 6) is -1.01. The standard InChI is InChI=1S/C28H29N3O4.C20H21N3O3.C18H17N3O3.C15H16O.C9H10O.C6H5.ClH.Mg/c1-3-34-28(32)26-27(31(30-29-26)20-22-14-17-24(33-2)18-15-22)35-25(23-12-8-5-9-13-23)19-16-21-10-6-4-7-11-21;1-2-25-20(24)18-19(22-23-21-18)26-17(16-11-7-4-8-12-16)14-13-15-9-5-3-6-10-15;22-18(23)16-17(20-21-19-16)24-15(14-9-5-2-6-10-14)12-11-13-7-3-1-4-8-13;16-15(14-9-5-2-6-10-14)12-11-13-7-3-1-4-8-13;10-8-4-7-9-5-2-1-3-6-9;1-2-4-6-5-3-1;;/h4-15,17-18,25H,3,16,19-20H2,1-2H3;3-12,17H,2,13-14H2,1H3,(H,21,22,23);1-10,15H,11-12H2,(H,22,23)(H,19,20,21);1-10,15-16H,11-12H2;1-3,5-6,8H,4,7H2;1-5H;1H;/q;;;;;-1;;+2/p-1. The van der Waals surface area contributed by atoms with Gasteiger partial charge in [0, 0.05) is 6.42 Å². The van der Waals surface area contributed by atoms with Crippen LogP contribution in [0.25, 0.3) is 0 Å². The molecule has 0 radical (unpaired) electrons. The summed E-state index contributed by atoms with van der Waals surface area (Å²) in [7, 11) is 1.63. The number of carbonyl (C=O) groups excluding carboxylic acids is 3. The molecule has 11 aromatic carbocycles. The van der Waals surface area contributed by atoms with Crippen LogP contribution in [0.2, 0.25) is 0 Å². The van der Waals surface area contributed by atoms with E-state index in [0.717, 1.165) is 84.8 Å². The SMILES string of the molecule is CCOC(=O)c1[nH]nnc1OC(CCc1ccccc1)c1ccccc1.CCOC(=O)c1nnn(Cc2ccc(OC)cc2)c1OC(CCc1ccccc1)c1ccccc1.O=C(O)c1[nH]nnc1OC(CCc1ccccc1)c1ccccc1.O=CCCc1ccccc1.OC(CCc1ccccc1)c1ccccc1.[Cl-].[Mg+2].[c-]1ccccc1. The number of aromatic amines is 2. The average molecular weight is 1630 g/mol. The number of carboxylic acids is 1. The molecule has 14 rings (SSSR count). The topological polar surface area (TPSA) is 278 Å². The van der Waals surface area contributed by atoms with E-state index in [1.807, 2.05) is 279 Å². The predicted octanol–water partition coefficient (Wildman–Crippen LogP) is 15.5. The summed E-state index contributed by atoms with van der Waals surface area (Å²) in [6.45, 7) is 4.39. The van der Waals surface area contributed by atoms with E-state index in [9.17, 15) is 24.3 Å². The van der Waals surface area contributed by atoms with Crippen LogP contribution in [0.5, 0.6) is 23.4 Å². The van der Waals surface area contributed by atoms with E-state index in [4.69, 9.17) is 33.5 Å². The smallest absolute Gasteiger partial charge is 1.00 e. The summed E-state index contributed by atoms with van der Waals surface area (Å²) in [5, 5.41) is 47.3. The fourth-order valence-electron chi connectivity index (χ4n) is 12.0. The molecule has 0 aliphatic rings. The number of rotatable bonds is 33. The summed E-state index contributed by atoms with van der Waals surface area (Å²) in [6.07, 6.45) is 7.51. The third-order valence-electron chi connectivity index (χ3n) is 18.0. The molecule has 0 aliphatic carbocycles. The van der Waals surface area contributed by atoms with Gasteiger partial charge in [-0.25, -0.2) is 29.3 Å². The van der Waals surface area contributed by atoms with Crippen molar-refractivity contribution in [2.45, 2.75) is 109 Å². The third-order valence-corrected chi connectivity index (χ3v) is 18.0. The van der Waals surface area contributed by atoms with E-state index in [1.54, 1.807) is 25.6 Å². The third kappa shape index (κ3) is 33.0. The van der Waals surface area contributed by atoms with Crippen molar-refractivity contribution in [1.82, 2.24) is 45.8 Å². The number of hydrogen-bond acceptors (Lipinski definition) is 17. The molecule has 0 spiro atoms. The Morgan fingerprint density at radius 2 is 0.782 bits per heavy atom. The van der Waals surface area contributed by atoms with Crippen molar-refractivity contribution < 1.29 is 70.2 Å². The first kappa shape index (κ1) is 93.3. The Bertz CT molecular complexity index is 5010. The Balaban J connectivity index is 0.000000209. The molecular formula is C96H98ClMgN9O12. The van der Waals surface area contributed by atoms with Crippen molar-refractivity contribution in [2.75, 3.05) is 20.3 Å². The second kappa shape index (κ2) is 54.1. The number of nitrogens with one attached hydrogen (secondary N) is 2. The van der Waals surface area contributed by atoms with Gasteiger partial charge in [0.15, 0.2) is 0 Å². The number of aromatic carboxylic acids is 1. The van der Waals surface area contributed by atoms with Gasteiger partial charge in [0.25, 0.3) is 11.8 Å². The number of carboxylic acid groups (broad SMARTS) is 1. The second-order valence-electron chi connectivity index (χ2n) is 26.3. The first-order valence-electron chi connectivity index (χ1n) is 38.9. The summed E-state index contributed by atoms with van der Waals surface area (Å²) in [4.78, 5) is 45.9. The maximum absolute atomic E-state index is 12.7. The van der Waals surface area contributed by atoms with Crippen LogP contribution in [-0.4, -0.2) is 124 Å². The van der Waals surface area contributed by atoms with Gasteiger partial charge in [0.1, 0.15) is 30.3 Å². The number of halogens is 1. The minimum Gasteiger partial charge on any atom is -1.00 e. The summed E-state index contributed by atoms with van der Waals surface area (Å²) < 4.78 is 35.5. The van der Waals surface area contributed by atoms with Gasteiger partial charge in [-0.3, -0.25) is 0 Å². The predicted molar refractivity (Wildman–Crippen MR) is 456 cm³/mol. The summed E-state index contributed by atoms with van der Waals surface area (Å²) in [6, 6.07) is 110. The van der Waals surface area contributed by atoms with Crippen molar-refractivity contribution in [1.29, 1.82) is 0 Å². The van der Waals surface area contributed by atoms with Gasteiger partial charge < -0.3 is 55.8 Å². The number of aromatic nitrogens is 9. The minimum atomic E-state index is -1.15. The van der Waals surface area contributed by atoms with Crippen molar-refractivity contribution in [2.24, 2.45) is 0 Å². The summed E-state index contributed by atoms with van der Waals surface area (Å²) in [5.41, 5.74) is 11.2. The molecule has 0 aliphatic heterocycles. The molecule has 4 N–H and O–H groups in total. The van der Waals surface area contributed by atoms with Crippen molar-refractivity contribution >= 4 is 47.2 Å². The zero-order valence-electron chi connectivity index (χ0n) is 66.9. The van der Waals surface area contributed by atoms with E-state index in [-0.39, 0.29) is 102 Å². The van der Waals surface area contributed by atoms with Gasteiger partial charge in [-0.1, -0.05) is 311 Å². The van der Waals surface area contributed by atoms with Crippen LogP contribution in [0, 0.1) is 6.07 Å². The van der Waals surface area contributed by atoms with Crippen LogP contribution in [0.1, 0.15) is 157 Å². The molecule has 3 heterocycles. The van der Waals surface area contributed by atoms with E-state index >= 15 is 0 Å². The molecule has 0 amide bonds. The molecule has 0 bridgehead atoms. The van der Waals surface area contributed by atoms with Gasteiger partial charge in [-0.05, 0) is 139 Å². The van der Waals surface area contributed by atoms with Crippen LogP contribution in [-0.2, 0) is 52.9 Å². The number of esters is 2. The van der Waals surface area contributed by atoms with E-state index in [0.29, 0.717) is 31.7 Å². The Morgan fingerprint density at radius 1 is 0.429 bits per heavy atom. The van der Waals surface area contributed by atoms with Gasteiger partial charge in [-0.15, -0.1) is 5.10 Å². The average Bonchev–Trinajstić information content (AvgIpc) is 1.66. The number of benzene rings is 11. The molecule has 0 fully saturated rings. The molecule has 21 nitrogen and oxygen atoms in total. The van der Waals surface area contributed by atoms with Crippen LogP contribution in [0.15, 0.2) is 328 Å². The first-order chi connectivity index (χ1) is 57.5. The fourth-order valence-corrected chi connectivity index (χ4v) is 12.0. The number of hydrogen-bond donors (Lipinski definition) is 4. The van der Waals surface area contributed by atoms with Crippen molar-refractivity contribution in [3.63, 3.8) is 0 Å². The van der Waals surface area contributed by atoms with Gasteiger partial charge >= 0.3 is 41.0 Å². The Hall–Kier alpha value is -12.9. The van der Waals surface area contributed by atoms with Crippen LogP contribution in [0.4, 0.5) is 0 Å². The molecule has 4 unspecified atom stereocenters. The number of aldehydes is 1. The summed E-state index contributed by atoms with van der Waals surface area (Å²) >= 11 is 0. The number of aryl methyl sites for hydroxylation is 5. The Labute approximate surface area is 717 Å². The van der Waals surface area contributed by atoms with Crippen LogP contribution >= 0.6 is 0 Å². The number of carbonyl (C=O) groups is 4. The number of aliphatic hydroxyl groups is 1. The number of aliphatic hydroxyl groups excluding tert-OH is 1. The van der Waals surface area contributed by atoms with Crippen LogP contribution < -0.4 is 31.4 Å². The molecular weight excluding hydrogens is 1530 g/mol. The van der Waals surface area contributed by atoms with E-state index in [2.05, 4.69) is 95.7 Å². The second-order valence-corrected chi connectivity index (χ2v) is 26.3. The number of ether oxygens (including phenoxy) is 6. The monoisotopic (exact) mass is 1630 g/mol. The van der Waals surface area contributed by atoms with Gasteiger partial charge in [0.2, 0.25) is 23.0 Å². The number of methoxy groups -OCH3 is 1. The zero-order valence-corrected chi connectivity index (χ0v) is 69.1. The Morgan fingerprint density at radius 3 is 1.15 bits per heavy atom. The maximum atomic E-state index is 12.7. The quantitative estimate of drug-likeness (QED) is 0.0129. The minimum absolute atomic E-state index is 0. The van der Waals surface area contributed by atoms with E-state index < -0.39 is 17.9 Å². The molecule has 0 saturated heterocycles. The van der Waals surface area contributed by atoms with Crippen molar-refractivity contribution in [3.05, 3.63) is 406 Å². The molecule has 23 heteroatoms. The van der Waals surface area contributed by atoms with Crippen molar-refractivity contribution in [3.8, 4) is 23.4 Å².